The van der Waals surface area contributed by atoms with E-state index in [1.165, 1.54) is 0 Å². The molecule has 1 aromatic heterocycles. The predicted octanol–water partition coefficient (Wildman–Crippen LogP) is 4.61. The van der Waals surface area contributed by atoms with E-state index in [1.54, 1.807) is 15.9 Å². The summed E-state index contributed by atoms with van der Waals surface area (Å²) in [5.74, 6) is 5.44. The van der Waals surface area contributed by atoms with Gasteiger partial charge in [0.2, 0.25) is 5.91 Å². The molecule has 2 aliphatic heterocycles. The van der Waals surface area contributed by atoms with E-state index in [-0.39, 0.29) is 47.2 Å². The van der Waals surface area contributed by atoms with Crippen molar-refractivity contribution >= 4 is 35.0 Å². The van der Waals surface area contributed by atoms with Gasteiger partial charge in [-0.15, -0.1) is 11.3 Å². The number of carbonyl (C=O) groups excluding carboxylic acids is 2. The first-order valence-corrected chi connectivity index (χ1v) is 15.2. The molecule has 40 heavy (non-hydrogen) atoms. The highest BCUT2D eigenvalue weighted by Crippen LogP contribution is 2.38. The van der Waals surface area contributed by atoms with Gasteiger partial charge in [0.25, 0.3) is 0 Å². The van der Waals surface area contributed by atoms with Crippen LogP contribution in [0.5, 0.6) is 0 Å². The average molecular weight is 575 g/mol. The van der Waals surface area contributed by atoms with Crippen molar-refractivity contribution in [3.8, 4) is 11.8 Å². The van der Waals surface area contributed by atoms with Crippen molar-refractivity contribution in [2.24, 2.45) is 23.2 Å². The lowest BCUT2D eigenvalue weighted by atomic mass is 9.82. The highest BCUT2D eigenvalue weighted by molar-refractivity contribution is 7.15. The first kappa shape index (κ1) is 30.4. The highest BCUT2D eigenvalue weighted by Gasteiger charge is 2.41. The molecule has 3 aliphatic rings. The van der Waals surface area contributed by atoms with Crippen LogP contribution in [0, 0.1) is 35.0 Å². The van der Waals surface area contributed by atoms with Gasteiger partial charge in [-0.1, -0.05) is 18.8 Å². The van der Waals surface area contributed by atoms with Gasteiger partial charge in [-0.05, 0) is 71.3 Å². The summed E-state index contributed by atoms with van der Waals surface area (Å²) in [6.45, 7) is 9.56. The molecule has 9 nitrogen and oxygen atoms in total. The third-order valence-corrected chi connectivity index (χ3v) is 9.04. The van der Waals surface area contributed by atoms with Crippen LogP contribution in [0.2, 0.25) is 0 Å². The Kier molecular flexibility index (Phi) is 9.80. The van der Waals surface area contributed by atoms with Crippen molar-refractivity contribution in [2.45, 2.75) is 78.4 Å². The SMILES string of the molecule is CC(C)(C)C#Cc1cc(N(C(=O)[C@H]2CC[C@H](C)CC2)[C@H]2CCN(C(=O)O[C@H]3COC[C@H]3CCO)C2)c(C(=O)O)s1. The number of anilines is 1. The Labute approximate surface area is 240 Å². The maximum absolute atomic E-state index is 14.1. The monoisotopic (exact) mass is 574 g/mol. The Morgan fingerprint density at radius 1 is 1.18 bits per heavy atom. The molecule has 3 atom stereocenters. The van der Waals surface area contributed by atoms with Gasteiger partial charge in [0.15, 0.2) is 0 Å². The Bertz CT molecular complexity index is 1140. The number of aliphatic hydroxyl groups is 1. The summed E-state index contributed by atoms with van der Waals surface area (Å²) in [5.41, 5.74) is 0.112. The quantitative estimate of drug-likeness (QED) is 0.457. The molecule has 0 spiro atoms. The molecule has 0 unspecified atom stereocenters. The van der Waals surface area contributed by atoms with Crippen molar-refractivity contribution in [1.82, 2.24) is 4.90 Å². The second kappa shape index (κ2) is 12.9. The number of carboxylic acid groups (broad SMARTS) is 1. The van der Waals surface area contributed by atoms with Gasteiger partial charge in [-0.3, -0.25) is 4.79 Å². The lowest BCUT2D eigenvalue weighted by molar-refractivity contribution is -0.124. The third-order valence-electron chi connectivity index (χ3n) is 8.01. The fourth-order valence-electron chi connectivity index (χ4n) is 5.69. The molecular formula is C30H42N2O7S. The zero-order chi connectivity index (χ0) is 29.0. The van der Waals surface area contributed by atoms with Crippen molar-refractivity contribution in [3.63, 3.8) is 0 Å². The fourth-order valence-corrected chi connectivity index (χ4v) is 6.53. The Morgan fingerprint density at radius 3 is 2.55 bits per heavy atom. The maximum Gasteiger partial charge on any atom is 0.410 e. The first-order valence-electron chi connectivity index (χ1n) is 14.3. The molecule has 0 radical (unpaired) electrons. The minimum absolute atomic E-state index is 0.000445. The number of rotatable bonds is 7. The van der Waals surface area contributed by atoms with Gasteiger partial charge in [-0.2, -0.15) is 0 Å². The molecule has 2 amide bonds. The van der Waals surface area contributed by atoms with Crippen LogP contribution in [0.3, 0.4) is 0 Å². The standard InChI is InChI=1S/C30H42N2O7S/c1-19-5-7-20(8-6-19)27(34)32(24-15-23(9-12-30(2,3)4)40-26(24)28(35)36)22-10-13-31(16-22)29(37)39-25-18-38-17-21(25)11-14-33/h15,19-22,25,33H,5-8,10-11,13-14,16-18H2,1-4H3,(H,35,36)/t19-,20-,21-,22+,25+/m1/s1. The molecule has 10 heteroatoms. The van der Waals surface area contributed by atoms with Gasteiger partial charge in [-0.25, -0.2) is 9.59 Å². The topological polar surface area (TPSA) is 117 Å². The second-order valence-corrected chi connectivity index (χ2v) is 13.5. The van der Waals surface area contributed by atoms with Gasteiger partial charge in [0, 0.05) is 36.9 Å². The number of aromatic carboxylic acids is 1. The molecule has 0 bridgehead atoms. The lowest BCUT2D eigenvalue weighted by Crippen LogP contribution is -2.47. The molecular weight excluding hydrogens is 532 g/mol. The van der Waals surface area contributed by atoms with Gasteiger partial charge in [0.1, 0.15) is 11.0 Å². The van der Waals surface area contributed by atoms with Crippen LogP contribution >= 0.6 is 11.3 Å². The van der Waals surface area contributed by atoms with Gasteiger partial charge in [0.05, 0.1) is 29.8 Å². The third kappa shape index (κ3) is 7.36. The Hall–Kier alpha value is -2.61. The summed E-state index contributed by atoms with van der Waals surface area (Å²) in [5, 5.41) is 19.4. The molecule has 1 aliphatic carbocycles. The molecule has 2 N–H and O–H groups in total. The van der Waals surface area contributed by atoms with Crippen molar-refractivity contribution in [1.29, 1.82) is 0 Å². The van der Waals surface area contributed by atoms with Crippen molar-refractivity contribution < 1.29 is 34.1 Å². The number of carbonyl (C=O) groups is 3. The molecule has 1 aromatic rings. The summed E-state index contributed by atoms with van der Waals surface area (Å²) in [4.78, 5) is 43.5. The zero-order valence-electron chi connectivity index (χ0n) is 24.0. The molecule has 220 valence electrons. The number of likely N-dealkylation sites (tertiary alicyclic amines) is 1. The van der Waals surface area contributed by atoms with Crippen LogP contribution in [0.15, 0.2) is 6.07 Å². The Morgan fingerprint density at radius 2 is 1.90 bits per heavy atom. The van der Waals surface area contributed by atoms with E-state index < -0.39 is 18.2 Å². The van der Waals surface area contributed by atoms with Crippen LogP contribution in [0.25, 0.3) is 0 Å². The predicted molar refractivity (Wildman–Crippen MR) is 152 cm³/mol. The normalized spacial score (nSPS) is 26.7. The minimum Gasteiger partial charge on any atom is -0.477 e. The summed E-state index contributed by atoms with van der Waals surface area (Å²) in [6.07, 6.45) is 3.59. The summed E-state index contributed by atoms with van der Waals surface area (Å²) in [6, 6.07) is 1.36. The van der Waals surface area contributed by atoms with Crippen molar-refractivity contribution in [3.05, 3.63) is 15.8 Å². The van der Waals surface area contributed by atoms with E-state index >= 15 is 0 Å². The van der Waals surface area contributed by atoms with Crippen LogP contribution < -0.4 is 4.90 Å². The highest BCUT2D eigenvalue weighted by atomic mass is 32.1. The molecule has 3 fully saturated rings. The van der Waals surface area contributed by atoms with E-state index in [0.717, 1.165) is 37.0 Å². The van der Waals surface area contributed by atoms with E-state index in [0.29, 0.717) is 49.1 Å². The fraction of sp³-hybridized carbons (Fsp3) is 0.700. The number of amides is 2. The van der Waals surface area contributed by atoms with Crippen LogP contribution in [0.4, 0.5) is 10.5 Å². The summed E-state index contributed by atoms with van der Waals surface area (Å²) in [7, 11) is 0. The van der Waals surface area contributed by atoms with E-state index in [4.69, 9.17) is 9.47 Å². The zero-order valence-corrected chi connectivity index (χ0v) is 24.8. The number of hydrogen-bond donors (Lipinski definition) is 2. The van der Waals surface area contributed by atoms with E-state index in [1.807, 2.05) is 20.8 Å². The van der Waals surface area contributed by atoms with Crippen LogP contribution in [-0.2, 0) is 14.3 Å². The largest absolute Gasteiger partial charge is 0.477 e. The van der Waals surface area contributed by atoms with Gasteiger partial charge >= 0.3 is 12.1 Å². The number of aliphatic hydroxyl groups excluding tert-OH is 1. The second-order valence-electron chi connectivity index (χ2n) is 12.4. The smallest absolute Gasteiger partial charge is 0.410 e. The average Bonchev–Trinajstić information content (AvgIpc) is 3.64. The van der Waals surface area contributed by atoms with Gasteiger partial charge < -0.3 is 29.5 Å². The molecule has 1 saturated carbocycles. The number of nitrogens with zero attached hydrogens (tertiary/aromatic N) is 2. The van der Waals surface area contributed by atoms with Crippen molar-refractivity contribution in [2.75, 3.05) is 37.8 Å². The number of ether oxygens (including phenoxy) is 2. The number of carboxylic acids is 1. The summed E-state index contributed by atoms with van der Waals surface area (Å²) >= 11 is 1.09. The Balaban J connectivity index is 1.59. The first-order chi connectivity index (χ1) is 19.0. The van der Waals surface area contributed by atoms with Crippen LogP contribution in [0.1, 0.15) is 80.8 Å². The number of thiophene rings is 1. The van der Waals surface area contributed by atoms with E-state index in [2.05, 4.69) is 18.8 Å². The summed E-state index contributed by atoms with van der Waals surface area (Å²) < 4.78 is 11.2. The number of hydrogen-bond acceptors (Lipinski definition) is 7. The molecule has 3 heterocycles. The lowest BCUT2D eigenvalue weighted by Gasteiger charge is -2.34. The minimum atomic E-state index is -1.09. The molecule has 0 aromatic carbocycles. The van der Waals surface area contributed by atoms with Crippen LogP contribution in [-0.4, -0.2) is 78.1 Å². The van der Waals surface area contributed by atoms with E-state index in [9.17, 15) is 24.6 Å². The molecule has 4 rings (SSSR count). The maximum atomic E-state index is 14.1. The molecule has 2 saturated heterocycles.